The highest BCUT2D eigenvalue weighted by atomic mass is 16.5. The summed E-state index contributed by atoms with van der Waals surface area (Å²) in [7, 11) is 1.42. The van der Waals surface area contributed by atoms with E-state index in [1.807, 2.05) is 18.2 Å². The molecule has 92 valence electrons. The molecular formula is C14H14N2O2. The average Bonchev–Trinajstić information content (AvgIpc) is 2.98. The summed E-state index contributed by atoms with van der Waals surface area (Å²) in [5, 5.41) is 0. The Balaban J connectivity index is 1.73. The molecule has 0 radical (unpaired) electrons. The fraction of sp³-hybridized carbons (Fsp3) is 0.429. The van der Waals surface area contributed by atoms with Crippen molar-refractivity contribution >= 4 is 6.09 Å². The zero-order chi connectivity index (χ0) is 12.6. The van der Waals surface area contributed by atoms with E-state index in [0.717, 1.165) is 18.7 Å². The summed E-state index contributed by atoms with van der Waals surface area (Å²) in [4.78, 5) is 17.4. The second-order valence-corrected chi connectivity index (χ2v) is 4.87. The number of nitrogens with zero attached hydrogens (tertiary/aromatic N) is 2. The second kappa shape index (κ2) is 4.02. The van der Waals surface area contributed by atoms with Crippen LogP contribution < -0.4 is 0 Å². The van der Waals surface area contributed by atoms with E-state index in [1.165, 1.54) is 7.11 Å². The highest BCUT2D eigenvalue weighted by Crippen LogP contribution is 2.57. The highest BCUT2D eigenvalue weighted by Gasteiger charge is 2.60. The lowest BCUT2D eigenvalue weighted by atomic mass is 10.1. The molecular weight excluding hydrogens is 228 g/mol. The largest absolute Gasteiger partial charge is 0.453 e. The van der Waals surface area contributed by atoms with Gasteiger partial charge in [0.2, 0.25) is 0 Å². The number of fused-ring (bicyclic) bond motifs is 1. The smallest absolute Gasteiger partial charge is 0.409 e. The average molecular weight is 242 g/mol. The molecule has 1 aliphatic carbocycles. The summed E-state index contributed by atoms with van der Waals surface area (Å²) in [6, 6.07) is 5.69. The van der Waals surface area contributed by atoms with Crippen LogP contribution in [0.5, 0.6) is 0 Å². The maximum absolute atomic E-state index is 11.4. The zero-order valence-corrected chi connectivity index (χ0v) is 10.2. The van der Waals surface area contributed by atoms with Gasteiger partial charge in [-0.3, -0.25) is 0 Å². The molecule has 0 spiro atoms. The van der Waals surface area contributed by atoms with E-state index >= 15 is 0 Å². The van der Waals surface area contributed by atoms with Crippen LogP contribution in [0.1, 0.15) is 12.1 Å². The van der Waals surface area contributed by atoms with E-state index in [1.54, 1.807) is 11.1 Å². The number of hydrogen-bond acceptors (Lipinski definition) is 3. The molecule has 3 rings (SSSR count). The molecule has 1 amide bonds. The maximum atomic E-state index is 11.4. The quantitative estimate of drug-likeness (QED) is 0.648. The predicted molar refractivity (Wildman–Crippen MR) is 65.6 cm³/mol. The van der Waals surface area contributed by atoms with Crippen molar-refractivity contribution in [3.8, 4) is 11.8 Å². The zero-order valence-electron chi connectivity index (χ0n) is 10.2. The van der Waals surface area contributed by atoms with Crippen LogP contribution in [0, 0.1) is 23.2 Å². The number of likely N-dealkylation sites (tertiary alicyclic amines) is 1. The van der Waals surface area contributed by atoms with Crippen molar-refractivity contribution in [1.29, 1.82) is 0 Å². The van der Waals surface area contributed by atoms with Gasteiger partial charge < -0.3 is 9.64 Å². The van der Waals surface area contributed by atoms with E-state index in [2.05, 4.69) is 16.8 Å². The van der Waals surface area contributed by atoms with Gasteiger partial charge in [0.25, 0.3) is 0 Å². The van der Waals surface area contributed by atoms with E-state index in [0.29, 0.717) is 12.5 Å². The number of amides is 1. The molecule has 2 atom stereocenters. The second-order valence-electron chi connectivity index (χ2n) is 4.87. The van der Waals surface area contributed by atoms with Gasteiger partial charge >= 0.3 is 6.09 Å². The van der Waals surface area contributed by atoms with Crippen LogP contribution in [0.15, 0.2) is 24.4 Å². The normalized spacial score (nSPS) is 28.1. The van der Waals surface area contributed by atoms with Crippen LogP contribution in [0.4, 0.5) is 4.79 Å². The van der Waals surface area contributed by atoms with Crippen molar-refractivity contribution < 1.29 is 9.53 Å². The number of carbonyl (C=O) groups excluding carboxylic acids is 1. The minimum absolute atomic E-state index is 0.00822. The Morgan fingerprint density at radius 1 is 1.61 bits per heavy atom. The first kappa shape index (κ1) is 11.1. The van der Waals surface area contributed by atoms with Crippen molar-refractivity contribution in [3.63, 3.8) is 0 Å². The summed E-state index contributed by atoms with van der Waals surface area (Å²) in [6.45, 7) is 1.45. The number of rotatable bonds is 0. The van der Waals surface area contributed by atoms with E-state index < -0.39 is 0 Å². The van der Waals surface area contributed by atoms with Crippen molar-refractivity contribution in [2.45, 2.75) is 6.42 Å². The van der Waals surface area contributed by atoms with Crippen LogP contribution in [0.2, 0.25) is 0 Å². The molecule has 0 N–H and O–H groups in total. The van der Waals surface area contributed by atoms with E-state index in [-0.39, 0.29) is 11.5 Å². The number of hydrogen-bond donors (Lipinski definition) is 0. The molecule has 4 heteroatoms. The van der Waals surface area contributed by atoms with Gasteiger partial charge in [-0.1, -0.05) is 12.0 Å². The van der Waals surface area contributed by atoms with Gasteiger partial charge in [0.15, 0.2) is 0 Å². The van der Waals surface area contributed by atoms with Crippen LogP contribution in [-0.2, 0) is 4.74 Å². The Kier molecular flexibility index (Phi) is 2.48. The third kappa shape index (κ3) is 1.82. The van der Waals surface area contributed by atoms with Crippen LogP contribution in [-0.4, -0.2) is 36.2 Å². The summed E-state index contributed by atoms with van der Waals surface area (Å²) in [6.07, 6.45) is 2.57. The first-order valence-corrected chi connectivity index (χ1v) is 6.01. The minimum Gasteiger partial charge on any atom is -0.453 e. The van der Waals surface area contributed by atoms with Crippen LogP contribution >= 0.6 is 0 Å². The topological polar surface area (TPSA) is 42.4 Å². The molecule has 2 fully saturated rings. The summed E-state index contributed by atoms with van der Waals surface area (Å²) < 4.78 is 4.74. The Bertz CT molecular complexity index is 532. The monoisotopic (exact) mass is 242 g/mol. The Labute approximate surface area is 106 Å². The lowest BCUT2D eigenvalue weighted by molar-refractivity contribution is 0.127. The SMILES string of the molecule is COC(=O)N1CC2CC2(C#Cc2ccccn2)C1. The van der Waals surface area contributed by atoms with Gasteiger partial charge in [-0.05, 0) is 30.4 Å². The molecule has 2 heterocycles. The Morgan fingerprint density at radius 3 is 3.22 bits per heavy atom. The van der Waals surface area contributed by atoms with Gasteiger partial charge in [-0.25, -0.2) is 9.78 Å². The molecule has 1 saturated carbocycles. The molecule has 0 aromatic carbocycles. The molecule has 1 aromatic heterocycles. The molecule has 18 heavy (non-hydrogen) atoms. The Morgan fingerprint density at radius 2 is 2.50 bits per heavy atom. The van der Waals surface area contributed by atoms with Crippen molar-refractivity contribution in [3.05, 3.63) is 30.1 Å². The molecule has 1 aliphatic heterocycles. The number of piperidine rings is 1. The lowest BCUT2D eigenvalue weighted by Crippen LogP contribution is -2.31. The summed E-state index contributed by atoms with van der Waals surface area (Å²) in [5.41, 5.74) is 0.778. The molecule has 1 saturated heterocycles. The number of ether oxygens (including phenoxy) is 1. The molecule has 4 nitrogen and oxygen atoms in total. The van der Waals surface area contributed by atoms with Gasteiger partial charge in [-0.15, -0.1) is 0 Å². The fourth-order valence-electron chi connectivity index (χ4n) is 2.57. The molecule has 2 aliphatic rings. The fourth-order valence-corrected chi connectivity index (χ4v) is 2.57. The summed E-state index contributed by atoms with van der Waals surface area (Å²) in [5.74, 6) is 6.91. The first-order chi connectivity index (χ1) is 8.73. The third-order valence-corrected chi connectivity index (χ3v) is 3.68. The highest BCUT2D eigenvalue weighted by molar-refractivity contribution is 5.68. The van der Waals surface area contributed by atoms with Crippen molar-refractivity contribution in [1.82, 2.24) is 9.88 Å². The number of pyridine rings is 1. The van der Waals surface area contributed by atoms with Gasteiger partial charge in [-0.2, -0.15) is 0 Å². The third-order valence-electron chi connectivity index (χ3n) is 3.68. The number of methoxy groups -OCH3 is 1. The standard InChI is InChI=1S/C14H14N2O2/c1-18-13(17)16-9-11-8-14(11,10-16)6-5-12-4-2-3-7-15-12/h2-4,7,11H,8-10H2,1H3. The predicted octanol–water partition coefficient (Wildman–Crippen LogP) is 1.52. The van der Waals surface area contributed by atoms with Crippen LogP contribution in [0.25, 0.3) is 0 Å². The molecule has 1 aromatic rings. The van der Waals surface area contributed by atoms with E-state index in [4.69, 9.17) is 4.74 Å². The van der Waals surface area contributed by atoms with E-state index in [9.17, 15) is 4.79 Å². The van der Waals surface area contributed by atoms with Gasteiger partial charge in [0, 0.05) is 19.3 Å². The van der Waals surface area contributed by atoms with Gasteiger partial charge in [0.05, 0.1) is 12.5 Å². The summed E-state index contributed by atoms with van der Waals surface area (Å²) >= 11 is 0. The molecule has 0 bridgehead atoms. The van der Waals surface area contributed by atoms with Crippen LogP contribution in [0.3, 0.4) is 0 Å². The lowest BCUT2D eigenvalue weighted by Gasteiger charge is -2.16. The Hall–Kier alpha value is -2.02. The number of aromatic nitrogens is 1. The molecule has 2 unspecified atom stereocenters. The number of carbonyl (C=O) groups is 1. The van der Waals surface area contributed by atoms with Crippen molar-refractivity contribution in [2.24, 2.45) is 11.3 Å². The van der Waals surface area contributed by atoms with Crippen molar-refractivity contribution in [2.75, 3.05) is 20.2 Å². The minimum atomic E-state index is -0.249. The van der Waals surface area contributed by atoms with Gasteiger partial charge in [0.1, 0.15) is 5.69 Å². The first-order valence-electron chi connectivity index (χ1n) is 6.01. The maximum Gasteiger partial charge on any atom is 0.409 e.